The summed E-state index contributed by atoms with van der Waals surface area (Å²) >= 11 is 0. The summed E-state index contributed by atoms with van der Waals surface area (Å²) in [7, 11) is 0. The molecule has 0 spiro atoms. The SMILES string of the molecule is Cc1nc(-c2ccc(NC(=O)c3cc(F)ccc3F)cc2)oc1C. The standard InChI is InChI=1S/C18H14F2N2O2/c1-10-11(2)24-18(21-10)12-3-6-14(7-4-12)22-17(23)15-9-13(19)5-8-16(15)20/h3-9H,1-2H3,(H,22,23). The minimum Gasteiger partial charge on any atom is -0.441 e. The van der Waals surface area contributed by atoms with Crippen LogP contribution in [0.15, 0.2) is 46.9 Å². The molecule has 3 rings (SSSR count). The van der Waals surface area contributed by atoms with Crippen LogP contribution in [-0.2, 0) is 0 Å². The van der Waals surface area contributed by atoms with Crippen molar-refractivity contribution in [3.05, 3.63) is 71.1 Å². The maximum Gasteiger partial charge on any atom is 0.258 e. The average molecular weight is 328 g/mol. The first-order valence-electron chi connectivity index (χ1n) is 7.25. The summed E-state index contributed by atoms with van der Waals surface area (Å²) in [5.41, 5.74) is 1.66. The number of aryl methyl sites for hydroxylation is 2. The quantitative estimate of drug-likeness (QED) is 0.771. The van der Waals surface area contributed by atoms with Crippen LogP contribution in [0.4, 0.5) is 14.5 Å². The molecule has 6 heteroatoms. The van der Waals surface area contributed by atoms with Gasteiger partial charge in [0.1, 0.15) is 17.4 Å². The predicted molar refractivity (Wildman–Crippen MR) is 85.7 cm³/mol. The van der Waals surface area contributed by atoms with E-state index in [0.717, 1.165) is 35.2 Å². The van der Waals surface area contributed by atoms with E-state index in [4.69, 9.17) is 4.42 Å². The lowest BCUT2D eigenvalue weighted by atomic mass is 10.1. The second-order valence-corrected chi connectivity index (χ2v) is 5.32. The molecule has 122 valence electrons. The molecule has 3 aromatic rings. The lowest BCUT2D eigenvalue weighted by Crippen LogP contribution is -2.14. The molecule has 1 aromatic heterocycles. The normalized spacial score (nSPS) is 10.7. The van der Waals surface area contributed by atoms with Gasteiger partial charge in [-0.05, 0) is 56.3 Å². The first-order valence-corrected chi connectivity index (χ1v) is 7.25. The zero-order valence-electron chi connectivity index (χ0n) is 13.1. The second-order valence-electron chi connectivity index (χ2n) is 5.32. The second kappa shape index (κ2) is 6.23. The molecule has 0 atom stereocenters. The van der Waals surface area contributed by atoms with Crippen molar-refractivity contribution in [2.75, 3.05) is 5.32 Å². The van der Waals surface area contributed by atoms with Gasteiger partial charge < -0.3 is 9.73 Å². The van der Waals surface area contributed by atoms with Crippen LogP contribution in [0.1, 0.15) is 21.8 Å². The Balaban J connectivity index is 1.79. The van der Waals surface area contributed by atoms with Crippen molar-refractivity contribution in [3.63, 3.8) is 0 Å². The highest BCUT2D eigenvalue weighted by Gasteiger charge is 2.13. The molecule has 24 heavy (non-hydrogen) atoms. The topological polar surface area (TPSA) is 55.1 Å². The third-order valence-corrected chi connectivity index (χ3v) is 3.59. The minimum absolute atomic E-state index is 0.349. The fourth-order valence-corrected chi connectivity index (χ4v) is 2.16. The van der Waals surface area contributed by atoms with Gasteiger partial charge in [-0.3, -0.25) is 4.79 Å². The highest BCUT2D eigenvalue weighted by Crippen LogP contribution is 2.23. The molecule has 0 saturated heterocycles. The lowest BCUT2D eigenvalue weighted by Gasteiger charge is -2.07. The molecule has 1 heterocycles. The smallest absolute Gasteiger partial charge is 0.258 e. The molecule has 0 fully saturated rings. The Kier molecular flexibility index (Phi) is 4.12. The minimum atomic E-state index is -0.781. The van der Waals surface area contributed by atoms with E-state index < -0.39 is 17.5 Å². The molecule has 1 N–H and O–H groups in total. The zero-order chi connectivity index (χ0) is 17.3. The number of carbonyl (C=O) groups excluding carboxylic acids is 1. The Bertz CT molecular complexity index is 882. The van der Waals surface area contributed by atoms with Gasteiger partial charge in [0.25, 0.3) is 5.91 Å². The van der Waals surface area contributed by atoms with Crippen LogP contribution in [0, 0.1) is 25.5 Å². The fourth-order valence-electron chi connectivity index (χ4n) is 2.16. The number of carbonyl (C=O) groups is 1. The van der Waals surface area contributed by atoms with E-state index in [2.05, 4.69) is 10.3 Å². The van der Waals surface area contributed by atoms with Gasteiger partial charge in [-0.15, -0.1) is 0 Å². The number of anilines is 1. The fraction of sp³-hybridized carbons (Fsp3) is 0.111. The van der Waals surface area contributed by atoms with Crippen molar-refractivity contribution in [1.82, 2.24) is 4.98 Å². The number of nitrogens with one attached hydrogen (secondary N) is 1. The summed E-state index contributed by atoms with van der Waals surface area (Å²) in [6.07, 6.45) is 0. The molecule has 0 radical (unpaired) electrons. The molecule has 0 aliphatic carbocycles. The van der Waals surface area contributed by atoms with Gasteiger partial charge in [-0.25, -0.2) is 13.8 Å². The molecule has 0 aliphatic rings. The highest BCUT2D eigenvalue weighted by atomic mass is 19.1. The van der Waals surface area contributed by atoms with Gasteiger partial charge in [0.15, 0.2) is 0 Å². The van der Waals surface area contributed by atoms with Gasteiger partial charge in [0.2, 0.25) is 5.89 Å². The van der Waals surface area contributed by atoms with Crippen molar-refractivity contribution in [2.24, 2.45) is 0 Å². The van der Waals surface area contributed by atoms with Gasteiger partial charge in [0, 0.05) is 11.3 Å². The van der Waals surface area contributed by atoms with E-state index in [1.165, 1.54) is 0 Å². The summed E-state index contributed by atoms with van der Waals surface area (Å²) < 4.78 is 32.3. The van der Waals surface area contributed by atoms with E-state index in [1.54, 1.807) is 24.3 Å². The molecule has 0 saturated carbocycles. The third-order valence-electron chi connectivity index (χ3n) is 3.59. The van der Waals surface area contributed by atoms with Crippen LogP contribution in [0.5, 0.6) is 0 Å². The van der Waals surface area contributed by atoms with Crippen LogP contribution >= 0.6 is 0 Å². The van der Waals surface area contributed by atoms with Gasteiger partial charge in [0.05, 0.1) is 11.3 Å². The number of hydrogen-bond donors (Lipinski definition) is 1. The Labute approximate surface area is 137 Å². The van der Waals surface area contributed by atoms with Crippen molar-refractivity contribution in [1.29, 1.82) is 0 Å². The molecular formula is C18H14F2N2O2. The van der Waals surface area contributed by atoms with Crippen LogP contribution < -0.4 is 5.32 Å². The Morgan fingerprint density at radius 1 is 1.08 bits per heavy atom. The van der Waals surface area contributed by atoms with Crippen molar-refractivity contribution >= 4 is 11.6 Å². The molecule has 0 aliphatic heterocycles. The van der Waals surface area contributed by atoms with E-state index in [1.807, 2.05) is 13.8 Å². The number of aromatic nitrogens is 1. The monoisotopic (exact) mass is 328 g/mol. The summed E-state index contributed by atoms with van der Waals surface area (Å²) in [6.45, 7) is 3.68. The van der Waals surface area contributed by atoms with Crippen LogP contribution in [0.2, 0.25) is 0 Å². The number of hydrogen-bond acceptors (Lipinski definition) is 3. The van der Waals surface area contributed by atoms with Gasteiger partial charge in [-0.1, -0.05) is 0 Å². The van der Waals surface area contributed by atoms with Crippen molar-refractivity contribution in [3.8, 4) is 11.5 Å². The Hall–Kier alpha value is -3.02. The van der Waals surface area contributed by atoms with Gasteiger partial charge in [-0.2, -0.15) is 0 Å². The van der Waals surface area contributed by atoms with Crippen LogP contribution in [0.25, 0.3) is 11.5 Å². The molecule has 2 aromatic carbocycles. The first-order chi connectivity index (χ1) is 11.4. The number of rotatable bonds is 3. The summed E-state index contributed by atoms with van der Waals surface area (Å²) in [5.74, 6) is -0.951. The maximum atomic E-state index is 13.6. The van der Waals surface area contributed by atoms with E-state index in [-0.39, 0.29) is 5.56 Å². The summed E-state index contributed by atoms with van der Waals surface area (Å²) in [6, 6.07) is 9.46. The molecule has 0 bridgehead atoms. The highest BCUT2D eigenvalue weighted by molar-refractivity contribution is 6.04. The summed E-state index contributed by atoms with van der Waals surface area (Å²) in [4.78, 5) is 16.3. The largest absolute Gasteiger partial charge is 0.441 e. The zero-order valence-corrected chi connectivity index (χ0v) is 13.1. The van der Waals surface area contributed by atoms with Gasteiger partial charge >= 0.3 is 0 Å². The number of nitrogens with zero attached hydrogens (tertiary/aromatic N) is 1. The van der Waals surface area contributed by atoms with Crippen LogP contribution in [0.3, 0.4) is 0 Å². The van der Waals surface area contributed by atoms with E-state index in [0.29, 0.717) is 11.6 Å². The Morgan fingerprint density at radius 3 is 2.42 bits per heavy atom. The molecular weight excluding hydrogens is 314 g/mol. The number of halogens is 2. The Morgan fingerprint density at radius 2 is 1.79 bits per heavy atom. The number of amides is 1. The number of oxazole rings is 1. The predicted octanol–water partition coefficient (Wildman–Crippen LogP) is 4.49. The van der Waals surface area contributed by atoms with Crippen molar-refractivity contribution in [2.45, 2.75) is 13.8 Å². The number of benzene rings is 2. The van der Waals surface area contributed by atoms with E-state index >= 15 is 0 Å². The lowest BCUT2D eigenvalue weighted by molar-refractivity contribution is 0.102. The average Bonchev–Trinajstić information content (AvgIpc) is 2.89. The van der Waals surface area contributed by atoms with Crippen LogP contribution in [-0.4, -0.2) is 10.9 Å². The molecule has 0 unspecified atom stereocenters. The maximum absolute atomic E-state index is 13.6. The summed E-state index contributed by atoms with van der Waals surface area (Å²) in [5, 5.41) is 2.52. The third kappa shape index (κ3) is 3.17. The van der Waals surface area contributed by atoms with Crippen molar-refractivity contribution < 1.29 is 18.0 Å². The first kappa shape index (κ1) is 15.9. The molecule has 1 amide bonds. The molecule has 4 nitrogen and oxygen atoms in total. The van der Waals surface area contributed by atoms with E-state index in [9.17, 15) is 13.6 Å².